The Morgan fingerprint density at radius 3 is 2.75 bits per heavy atom. The Kier molecular flexibility index (Phi) is 4.12. The molecule has 16 heavy (non-hydrogen) atoms. The Bertz CT molecular complexity index is 320. The molecule has 1 aliphatic rings. The first-order valence-electron chi connectivity index (χ1n) is 6.03. The van der Waals surface area contributed by atoms with Gasteiger partial charge in [-0.15, -0.1) is 0 Å². The van der Waals surface area contributed by atoms with Gasteiger partial charge in [0.1, 0.15) is 5.82 Å². The largest absolute Gasteiger partial charge is 0.357 e. The van der Waals surface area contributed by atoms with Crippen LogP contribution in [0.25, 0.3) is 0 Å². The highest BCUT2D eigenvalue weighted by atomic mass is 32.1. The van der Waals surface area contributed by atoms with Crippen molar-refractivity contribution < 1.29 is 0 Å². The van der Waals surface area contributed by atoms with Gasteiger partial charge in [-0.25, -0.2) is 4.98 Å². The highest BCUT2D eigenvalue weighted by molar-refractivity contribution is 7.09. The number of aryl methyl sites for hydroxylation is 1. The van der Waals surface area contributed by atoms with E-state index in [1.807, 2.05) is 6.92 Å². The summed E-state index contributed by atoms with van der Waals surface area (Å²) in [5.74, 6) is 0.859. The van der Waals surface area contributed by atoms with Crippen LogP contribution in [0.3, 0.4) is 0 Å². The summed E-state index contributed by atoms with van der Waals surface area (Å²) in [5.41, 5.74) is 0. The fourth-order valence-corrected chi connectivity index (χ4v) is 2.83. The van der Waals surface area contributed by atoms with E-state index in [0.717, 1.165) is 17.5 Å². The Labute approximate surface area is 101 Å². The molecule has 0 saturated carbocycles. The van der Waals surface area contributed by atoms with Gasteiger partial charge in [0.05, 0.1) is 0 Å². The summed E-state index contributed by atoms with van der Waals surface area (Å²) in [7, 11) is 0. The lowest BCUT2D eigenvalue weighted by atomic mass is 10.1. The van der Waals surface area contributed by atoms with E-state index in [0.29, 0.717) is 6.04 Å². The van der Waals surface area contributed by atoms with Crippen molar-refractivity contribution in [3.05, 3.63) is 5.82 Å². The van der Waals surface area contributed by atoms with E-state index >= 15 is 0 Å². The Morgan fingerprint density at radius 1 is 1.38 bits per heavy atom. The van der Waals surface area contributed by atoms with Crippen LogP contribution in [0.15, 0.2) is 0 Å². The molecule has 0 amide bonds. The maximum atomic E-state index is 4.32. The first kappa shape index (κ1) is 11.8. The van der Waals surface area contributed by atoms with E-state index in [1.54, 1.807) is 0 Å². The number of hydrogen-bond acceptors (Lipinski definition) is 5. The van der Waals surface area contributed by atoms with E-state index in [-0.39, 0.29) is 0 Å². The minimum absolute atomic E-state index is 0.449. The zero-order valence-corrected chi connectivity index (χ0v) is 10.9. The average Bonchev–Trinajstić information content (AvgIpc) is 2.65. The minimum Gasteiger partial charge on any atom is -0.357 e. The maximum Gasteiger partial charge on any atom is 0.202 e. The Hall–Kier alpha value is -0.680. The van der Waals surface area contributed by atoms with Crippen LogP contribution < -0.4 is 5.32 Å². The van der Waals surface area contributed by atoms with Gasteiger partial charge in [-0.3, -0.25) is 0 Å². The zero-order chi connectivity index (χ0) is 11.4. The topological polar surface area (TPSA) is 41.1 Å². The average molecular weight is 240 g/mol. The van der Waals surface area contributed by atoms with Gasteiger partial charge in [0.15, 0.2) is 0 Å². The fraction of sp³-hybridized carbons (Fsp3) is 0.818. The number of piperidine rings is 1. The van der Waals surface area contributed by atoms with Crippen molar-refractivity contribution in [2.24, 2.45) is 0 Å². The van der Waals surface area contributed by atoms with E-state index in [1.165, 1.54) is 43.9 Å². The molecule has 2 rings (SSSR count). The van der Waals surface area contributed by atoms with Gasteiger partial charge in [0, 0.05) is 24.1 Å². The molecule has 0 aliphatic carbocycles. The van der Waals surface area contributed by atoms with Crippen molar-refractivity contribution in [1.29, 1.82) is 0 Å². The minimum atomic E-state index is 0.449. The smallest absolute Gasteiger partial charge is 0.202 e. The molecule has 5 heteroatoms. The van der Waals surface area contributed by atoms with Gasteiger partial charge < -0.3 is 10.2 Å². The second kappa shape index (κ2) is 5.59. The molecule has 90 valence electrons. The number of aromatic nitrogens is 2. The van der Waals surface area contributed by atoms with Crippen molar-refractivity contribution in [1.82, 2.24) is 14.3 Å². The third kappa shape index (κ3) is 3.42. The molecule has 1 fully saturated rings. The highest BCUT2D eigenvalue weighted by Crippen LogP contribution is 2.13. The van der Waals surface area contributed by atoms with Crippen LogP contribution in [0.1, 0.15) is 32.0 Å². The van der Waals surface area contributed by atoms with Crippen LogP contribution in [0.5, 0.6) is 0 Å². The number of anilines is 1. The van der Waals surface area contributed by atoms with E-state index in [9.17, 15) is 0 Å². The molecular weight excluding hydrogens is 220 g/mol. The van der Waals surface area contributed by atoms with Crippen molar-refractivity contribution in [2.45, 2.75) is 39.2 Å². The summed E-state index contributed by atoms with van der Waals surface area (Å²) in [5, 5.41) is 4.36. The molecule has 1 unspecified atom stereocenters. The van der Waals surface area contributed by atoms with E-state index in [4.69, 9.17) is 0 Å². The molecule has 1 N–H and O–H groups in total. The van der Waals surface area contributed by atoms with Gasteiger partial charge in [0.2, 0.25) is 5.13 Å². The third-order valence-corrected chi connectivity index (χ3v) is 3.62. The highest BCUT2D eigenvalue weighted by Gasteiger charge is 2.14. The van der Waals surface area contributed by atoms with Crippen molar-refractivity contribution in [3.8, 4) is 0 Å². The van der Waals surface area contributed by atoms with Crippen LogP contribution in [0, 0.1) is 6.92 Å². The van der Waals surface area contributed by atoms with Crippen LogP contribution >= 0.6 is 11.5 Å². The van der Waals surface area contributed by atoms with Crippen molar-refractivity contribution >= 4 is 16.7 Å². The molecule has 4 nitrogen and oxygen atoms in total. The molecule has 1 saturated heterocycles. The van der Waals surface area contributed by atoms with Crippen LogP contribution in [-0.4, -0.2) is 39.9 Å². The molecule has 0 aromatic carbocycles. The second-order valence-corrected chi connectivity index (χ2v) is 5.31. The summed E-state index contributed by atoms with van der Waals surface area (Å²) in [4.78, 5) is 6.86. The lowest BCUT2D eigenvalue weighted by Gasteiger charge is -2.29. The zero-order valence-electron chi connectivity index (χ0n) is 10.1. The third-order valence-electron chi connectivity index (χ3n) is 2.88. The second-order valence-electron chi connectivity index (χ2n) is 4.55. The predicted octanol–water partition coefficient (Wildman–Crippen LogP) is 2.13. The van der Waals surface area contributed by atoms with Crippen molar-refractivity contribution in [2.75, 3.05) is 25.0 Å². The van der Waals surface area contributed by atoms with Gasteiger partial charge in [-0.05, 0) is 39.8 Å². The van der Waals surface area contributed by atoms with Crippen LogP contribution in [-0.2, 0) is 0 Å². The molecule has 1 atom stereocenters. The molecule has 1 aliphatic heterocycles. The Morgan fingerprint density at radius 2 is 2.12 bits per heavy atom. The predicted molar refractivity (Wildman–Crippen MR) is 68.0 cm³/mol. The molecule has 0 radical (unpaired) electrons. The number of hydrogen-bond donors (Lipinski definition) is 1. The van der Waals surface area contributed by atoms with Crippen LogP contribution in [0.4, 0.5) is 5.13 Å². The standard InChI is InChI=1S/C11H20N4S/c1-9(8-15-6-4-3-5-7-15)12-11-13-10(2)14-16-11/h9H,3-8H2,1-2H3,(H,12,13,14). The molecule has 0 bridgehead atoms. The van der Waals surface area contributed by atoms with Gasteiger partial charge >= 0.3 is 0 Å². The summed E-state index contributed by atoms with van der Waals surface area (Å²) >= 11 is 1.45. The van der Waals surface area contributed by atoms with Crippen LogP contribution in [0.2, 0.25) is 0 Å². The summed E-state index contributed by atoms with van der Waals surface area (Å²) in [6.45, 7) is 7.75. The number of rotatable bonds is 4. The fourth-order valence-electron chi connectivity index (χ4n) is 2.14. The molecular formula is C11H20N4S. The molecule has 1 aromatic heterocycles. The molecule has 2 heterocycles. The van der Waals surface area contributed by atoms with Gasteiger partial charge in [0.25, 0.3) is 0 Å². The molecule has 1 aromatic rings. The van der Waals surface area contributed by atoms with E-state index < -0.39 is 0 Å². The first-order valence-corrected chi connectivity index (χ1v) is 6.80. The van der Waals surface area contributed by atoms with Gasteiger partial charge in [-0.2, -0.15) is 4.37 Å². The molecule has 0 spiro atoms. The number of nitrogens with one attached hydrogen (secondary N) is 1. The summed E-state index contributed by atoms with van der Waals surface area (Å²) in [6, 6.07) is 0.449. The SMILES string of the molecule is Cc1nsc(NC(C)CN2CCCCC2)n1. The van der Waals surface area contributed by atoms with Crippen molar-refractivity contribution in [3.63, 3.8) is 0 Å². The van der Waals surface area contributed by atoms with E-state index in [2.05, 4.69) is 26.5 Å². The lowest BCUT2D eigenvalue weighted by molar-refractivity contribution is 0.223. The lowest BCUT2D eigenvalue weighted by Crippen LogP contribution is -2.38. The quantitative estimate of drug-likeness (QED) is 0.875. The number of likely N-dealkylation sites (tertiary alicyclic amines) is 1. The number of nitrogens with zero attached hydrogens (tertiary/aromatic N) is 3. The monoisotopic (exact) mass is 240 g/mol. The summed E-state index contributed by atoms with van der Waals surface area (Å²) in [6.07, 6.45) is 4.10. The normalized spacial score (nSPS) is 19.6. The first-order chi connectivity index (χ1) is 7.74. The Balaban J connectivity index is 1.77. The summed E-state index contributed by atoms with van der Waals surface area (Å²) < 4.78 is 4.17. The maximum absolute atomic E-state index is 4.32. The van der Waals surface area contributed by atoms with Gasteiger partial charge in [-0.1, -0.05) is 6.42 Å².